The number of anilines is 2. The van der Waals surface area contributed by atoms with Crippen LogP contribution >= 0.6 is 0 Å². The Morgan fingerprint density at radius 1 is 1.50 bits per heavy atom. The Labute approximate surface area is 81.0 Å². The monoisotopic (exact) mass is 188 g/mol. The second kappa shape index (κ2) is 4.00. The third-order valence-electron chi connectivity index (χ3n) is 1.47. The van der Waals surface area contributed by atoms with E-state index in [1.165, 1.54) is 12.3 Å². The zero-order chi connectivity index (χ0) is 10.6. The van der Waals surface area contributed by atoms with Crippen LogP contribution in [0.4, 0.5) is 11.5 Å². The molecule has 1 aromatic rings. The maximum absolute atomic E-state index is 8.79. The van der Waals surface area contributed by atoms with E-state index in [9.17, 15) is 0 Å². The number of nitrogens with zero attached hydrogens (tertiary/aromatic N) is 5. The molecule has 1 rings (SSSR count). The fourth-order valence-electron chi connectivity index (χ4n) is 0.894. The molecular formula is C8H8N6. The van der Waals surface area contributed by atoms with Crippen molar-refractivity contribution >= 4 is 24.9 Å². The first-order valence-electron chi connectivity index (χ1n) is 3.62. The third-order valence-corrected chi connectivity index (χ3v) is 1.47. The molecule has 1 heterocycles. The van der Waals surface area contributed by atoms with Crippen LogP contribution in [0.2, 0.25) is 0 Å². The molecule has 0 aliphatic carbocycles. The number of nitriles is 1. The Morgan fingerprint density at radius 3 is 2.64 bits per heavy atom. The molecule has 0 aromatic carbocycles. The highest BCUT2D eigenvalue weighted by Gasteiger charge is 2.10. The van der Waals surface area contributed by atoms with Crippen molar-refractivity contribution in [3.05, 3.63) is 17.8 Å². The molecule has 0 aliphatic heterocycles. The molecule has 0 spiro atoms. The number of hydrazone groups is 2. The van der Waals surface area contributed by atoms with Crippen molar-refractivity contribution in [3.8, 4) is 6.07 Å². The summed E-state index contributed by atoms with van der Waals surface area (Å²) < 4.78 is 0. The van der Waals surface area contributed by atoms with E-state index < -0.39 is 0 Å². The van der Waals surface area contributed by atoms with Crippen LogP contribution < -0.4 is 10.9 Å². The number of nitrogen functional groups attached to an aromatic ring is 1. The van der Waals surface area contributed by atoms with E-state index in [1.54, 1.807) is 0 Å². The summed E-state index contributed by atoms with van der Waals surface area (Å²) >= 11 is 0. The van der Waals surface area contributed by atoms with E-state index in [0.717, 1.165) is 5.12 Å². The second-order valence-corrected chi connectivity index (χ2v) is 2.32. The zero-order valence-electron chi connectivity index (χ0n) is 7.38. The predicted molar refractivity (Wildman–Crippen MR) is 54.9 cm³/mol. The average molecular weight is 188 g/mol. The van der Waals surface area contributed by atoms with E-state index in [4.69, 9.17) is 11.0 Å². The number of nitrogens with two attached hydrogens (primary N) is 1. The normalized spacial score (nSPS) is 8.79. The first kappa shape index (κ1) is 9.67. The van der Waals surface area contributed by atoms with Gasteiger partial charge in [0.25, 0.3) is 0 Å². The fraction of sp³-hybridized carbons (Fsp3) is 0. The smallest absolute Gasteiger partial charge is 0.192 e. The minimum atomic E-state index is 0.256. The number of pyridine rings is 1. The molecule has 0 aliphatic rings. The summed E-state index contributed by atoms with van der Waals surface area (Å²) in [6, 6.07) is 3.40. The van der Waals surface area contributed by atoms with E-state index in [1.807, 2.05) is 6.07 Å². The number of rotatable bonds is 3. The lowest BCUT2D eigenvalue weighted by Gasteiger charge is -2.11. The van der Waals surface area contributed by atoms with Crippen LogP contribution in [-0.4, -0.2) is 18.4 Å². The van der Waals surface area contributed by atoms with E-state index in [0.29, 0.717) is 5.69 Å². The molecule has 70 valence electrons. The van der Waals surface area contributed by atoms with Crippen molar-refractivity contribution in [1.82, 2.24) is 4.98 Å². The number of hydrogen-bond donors (Lipinski definition) is 1. The molecule has 0 saturated carbocycles. The Hall–Kier alpha value is -2.42. The second-order valence-electron chi connectivity index (χ2n) is 2.32. The highest BCUT2D eigenvalue weighted by molar-refractivity contribution is 5.59. The summed E-state index contributed by atoms with van der Waals surface area (Å²) in [6.45, 7) is 6.54. The quantitative estimate of drug-likeness (QED) is 0.554. The molecule has 0 amide bonds. The van der Waals surface area contributed by atoms with Crippen molar-refractivity contribution in [2.24, 2.45) is 10.2 Å². The molecule has 0 atom stereocenters. The summed E-state index contributed by atoms with van der Waals surface area (Å²) in [5.74, 6) is 0.256. The lowest BCUT2D eigenvalue weighted by atomic mass is 10.2. The van der Waals surface area contributed by atoms with Crippen LogP contribution in [0.5, 0.6) is 0 Å². The van der Waals surface area contributed by atoms with Gasteiger partial charge in [-0.3, -0.25) is 0 Å². The Balaban J connectivity index is 3.27. The molecule has 0 bridgehead atoms. The Morgan fingerprint density at radius 2 is 2.14 bits per heavy atom. The van der Waals surface area contributed by atoms with Gasteiger partial charge in [0, 0.05) is 13.4 Å². The lowest BCUT2D eigenvalue weighted by molar-refractivity contribution is 0.911. The first-order chi connectivity index (χ1) is 6.72. The summed E-state index contributed by atoms with van der Waals surface area (Å²) in [5, 5.41) is 16.9. The zero-order valence-corrected chi connectivity index (χ0v) is 7.38. The Bertz CT molecular complexity index is 397. The van der Waals surface area contributed by atoms with E-state index in [-0.39, 0.29) is 11.4 Å². The van der Waals surface area contributed by atoms with Crippen LogP contribution in [0.15, 0.2) is 22.5 Å². The molecule has 2 N–H and O–H groups in total. The van der Waals surface area contributed by atoms with Gasteiger partial charge >= 0.3 is 0 Å². The summed E-state index contributed by atoms with van der Waals surface area (Å²) in [6.07, 6.45) is 1.40. The van der Waals surface area contributed by atoms with Crippen LogP contribution in [0.1, 0.15) is 5.56 Å². The fourth-order valence-corrected chi connectivity index (χ4v) is 0.894. The van der Waals surface area contributed by atoms with Crippen molar-refractivity contribution in [1.29, 1.82) is 5.26 Å². The van der Waals surface area contributed by atoms with Gasteiger partial charge in [0.1, 0.15) is 11.6 Å². The minimum Gasteiger partial charge on any atom is -0.397 e. The molecule has 0 radical (unpaired) electrons. The largest absolute Gasteiger partial charge is 0.397 e. The van der Waals surface area contributed by atoms with Crippen molar-refractivity contribution in [3.63, 3.8) is 0 Å². The van der Waals surface area contributed by atoms with Crippen LogP contribution in [0, 0.1) is 11.3 Å². The SMILES string of the molecule is C=NN(N=C)c1ncc(N)cc1C#N. The highest BCUT2D eigenvalue weighted by Crippen LogP contribution is 2.18. The van der Waals surface area contributed by atoms with Gasteiger partial charge in [-0.05, 0) is 6.07 Å². The molecule has 1 aromatic heterocycles. The van der Waals surface area contributed by atoms with Gasteiger partial charge in [-0.15, -0.1) is 5.12 Å². The van der Waals surface area contributed by atoms with Gasteiger partial charge in [0.2, 0.25) is 0 Å². The predicted octanol–water partition coefficient (Wildman–Crippen LogP) is 0.573. The van der Waals surface area contributed by atoms with E-state index in [2.05, 4.69) is 28.6 Å². The van der Waals surface area contributed by atoms with Gasteiger partial charge in [0.15, 0.2) is 5.82 Å². The van der Waals surface area contributed by atoms with Crippen molar-refractivity contribution in [2.75, 3.05) is 10.9 Å². The minimum absolute atomic E-state index is 0.256. The molecule has 6 nitrogen and oxygen atoms in total. The van der Waals surface area contributed by atoms with E-state index >= 15 is 0 Å². The standard InChI is InChI=1S/C8H8N6/c1-11-14(12-2)8-6(4-9)3-7(10)5-13-8/h3,5H,1-2,10H2. The number of hydrogen-bond acceptors (Lipinski definition) is 6. The van der Waals surface area contributed by atoms with Crippen molar-refractivity contribution in [2.45, 2.75) is 0 Å². The molecule has 0 unspecified atom stereocenters. The molecule has 6 heteroatoms. The average Bonchev–Trinajstić information content (AvgIpc) is 2.21. The van der Waals surface area contributed by atoms with Crippen LogP contribution in [0.25, 0.3) is 0 Å². The highest BCUT2D eigenvalue weighted by atomic mass is 15.7. The van der Waals surface area contributed by atoms with Gasteiger partial charge in [-0.2, -0.15) is 15.5 Å². The Kier molecular flexibility index (Phi) is 2.76. The maximum atomic E-state index is 8.79. The molecule has 0 fully saturated rings. The lowest BCUT2D eigenvalue weighted by Crippen LogP contribution is -2.10. The molecule has 0 saturated heterocycles. The van der Waals surface area contributed by atoms with Gasteiger partial charge in [0.05, 0.1) is 11.9 Å². The number of aromatic nitrogens is 1. The van der Waals surface area contributed by atoms with Gasteiger partial charge in [-0.1, -0.05) is 0 Å². The topological polar surface area (TPSA) is 90.7 Å². The molecule has 14 heavy (non-hydrogen) atoms. The van der Waals surface area contributed by atoms with Gasteiger partial charge < -0.3 is 5.73 Å². The first-order valence-corrected chi connectivity index (χ1v) is 3.62. The summed E-state index contributed by atoms with van der Waals surface area (Å²) in [5.41, 5.74) is 6.13. The van der Waals surface area contributed by atoms with Crippen LogP contribution in [0.3, 0.4) is 0 Å². The third kappa shape index (κ3) is 1.67. The maximum Gasteiger partial charge on any atom is 0.192 e. The summed E-state index contributed by atoms with van der Waals surface area (Å²) in [4.78, 5) is 3.90. The molecular weight excluding hydrogens is 180 g/mol. The summed E-state index contributed by atoms with van der Waals surface area (Å²) in [7, 11) is 0. The van der Waals surface area contributed by atoms with Crippen molar-refractivity contribution < 1.29 is 0 Å². The van der Waals surface area contributed by atoms with Gasteiger partial charge in [-0.25, -0.2) is 4.98 Å². The van der Waals surface area contributed by atoms with Crippen LogP contribution in [-0.2, 0) is 0 Å².